The van der Waals surface area contributed by atoms with E-state index < -0.39 is 4.92 Å². The Balaban J connectivity index is 2.31. The Morgan fingerprint density at radius 3 is 2.56 bits per heavy atom. The summed E-state index contributed by atoms with van der Waals surface area (Å²) in [4.78, 5) is 21.2. The number of carbonyl (C=O) groups excluding carboxylic acids is 1. The maximum Gasteiger partial charge on any atom is 0.269 e. The predicted molar refractivity (Wildman–Crippen MR) is 66.1 cm³/mol. The van der Waals surface area contributed by atoms with Crippen molar-refractivity contribution in [3.63, 3.8) is 0 Å². The number of aliphatic hydroxyl groups excluding tert-OH is 1. The van der Waals surface area contributed by atoms with Crippen LogP contribution in [0.4, 0.5) is 5.69 Å². The Labute approximate surface area is 105 Å². The monoisotopic (exact) mass is 252 g/mol. The van der Waals surface area contributed by atoms with E-state index in [1.807, 2.05) is 0 Å². The molecule has 0 aliphatic heterocycles. The van der Waals surface area contributed by atoms with Crippen molar-refractivity contribution in [1.82, 2.24) is 5.32 Å². The number of benzene rings is 1. The quantitative estimate of drug-likeness (QED) is 0.560. The minimum atomic E-state index is -0.444. The average molecular weight is 252 g/mol. The van der Waals surface area contributed by atoms with Crippen LogP contribution >= 0.6 is 0 Å². The van der Waals surface area contributed by atoms with E-state index in [1.54, 1.807) is 12.1 Å². The summed E-state index contributed by atoms with van der Waals surface area (Å²) in [6.45, 7) is 0.498. The van der Waals surface area contributed by atoms with E-state index in [2.05, 4.69) is 5.32 Å². The van der Waals surface area contributed by atoms with E-state index in [-0.39, 0.29) is 18.2 Å². The number of aliphatic hydroxyl groups is 1. The molecule has 0 saturated heterocycles. The van der Waals surface area contributed by atoms with Gasteiger partial charge in [0.25, 0.3) is 5.69 Å². The second kappa shape index (κ2) is 7.39. The first-order valence-electron chi connectivity index (χ1n) is 5.74. The molecule has 6 nitrogen and oxygen atoms in total. The van der Waals surface area contributed by atoms with Crippen LogP contribution < -0.4 is 5.32 Å². The normalized spacial score (nSPS) is 10.1. The highest BCUT2D eigenvalue weighted by Gasteiger charge is 2.04. The molecule has 0 spiro atoms. The number of hydrogen-bond acceptors (Lipinski definition) is 4. The third kappa shape index (κ3) is 4.92. The van der Waals surface area contributed by atoms with Crippen molar-refractivity contribution < 1.29 is 14.8 Å². The molecule has 0 atom stereocenters. The van der Waals surface area contributed by atoms with E-state index in [0.29, 0.717) is 25.8 Å². The topological polar surface area (TPSA) is 92.5 Å². The van der Waals surface area contributed by atoms with Crippen LogP contribution in [0.25, 0.3) is 0 Å². The lowest BCUT2D eigenvalue weighted by Gasteiger charge is -2.04. The zero-order valence-electron chi connectivity index (χ0n) is 9.96. The van der Waals surface area contributed by atoms with Gasteiger partial charge in [0, 0.05) is 31.7 Å². The highest BCUT2D eigenvalue weighted by Crippen LogP contribution is 2.11. The van der Waals surface area contributed by atoms with Crippen molar-refractivity contribution in [2.24, 2.45) is 0 Å². The molecule has 0 fully saturated rings. The zero-order valence-corrected chi connectivity index (χ0v) is 9.96. The maximum atomic E-state index is 11.2. The molecule has 18 heavy (non-hydrogen) atoms. The van der Waals surface area contributed by atoms with E-state index in [0.717, 1.165) is 5.56 Å². The smallest absolute Gasteiger partial charge is 0.269 e. The van der Waals surface area contributed by atoms with Gasteiger partial charge in [0.05, 0.1) is 4.92 Å². The first kappa shape index (κ1) is 14.1. The number of non-ortho nitro benzene ring substituents is 1. The molecule has 0 aliphatic rings. The molecule has 0 radical (unpaired) electrons. The third-order valence-electron chi connectivity index (χ3n) is 2.44. The Morgan fingerprint density at radius 1 is 1.33 bits per heavy atom. The first-order valence-corrected chi connectivity index (χ1v) is 5.74. The highest BCUT2D eigenvalue weighted by molar-refractivity contribution is 5.75. The molecule has 2 N–H and O–H groups in total. The van der Waals surface area contributed by atoms with Crippen molar-refractivity contribution >= 4 is 11.6 Å². The predicted octanol–water partition coefficient (Wildman–Crippen LogP) is 1.03. The summed E-state index contributed by atoms with van der Waals surface area (Å²) in [5, 5.41) is 21.7. The lowest BCUT2D eigenvalue weighted by atomic mass is 10.1. The highest BCUT2D eigenvalue weighted by atomic mass is 16.6. The summed E-state index contributed by atoms with van der Waals surface area (Å²) < 4.78 is 0. The van der Waals surface area contributed by atoms with Crippen LogP contribution in [0.2, 0.25) is 0 Å². The Morgan fingerprint density at radius 2 is 2.00 bits per heavy atom. The minimum Gasteiger partial charge on any atom is -0.396 e. The van der Waals surface area contributed by atoms with Crippen LogP contribution in [0.1, 0.15) is 18.4 Å². The fourth-order valence-electron chi connectivity index (χ4n) is 1.46. The van der Waals surface area contributed by atoms with Gasteiger partial charge in [-0.2, -0.15) is 0 Å². The first-order chi connectivity index (χ1) is 8.63. The van der Waals surface area contributed by atoms with Crippen molar-refractivity contribution in [3.8, 4) is 0 Å². The van der Waals surface area contributed by atoms with Gasteiger partial charge in [0.2, 0.25) is 5.91 Å². The second-order valence-electron chi connectivity index (χ2n) is 3.85. The minimum absolute atomic E-state index is 0.00970. The number of nitrogens with one attached hydrogen (secondary N) is 1. The Hall–Kier alpha value is -1.95. The number of carbonyl (C=O) groups is 1. The van der Waals surface area contributed by atoms with Crippen LogP contribution in [0.3, 0.4) is 0 Å². The van der Waals surface area contributed by atoms with Gasteiger partial charge in [-0.1, -0.05) is 12.1 Å². The molecule has 0 aromatic heterocycles. The zero-order chi connectivity index (χ0) is 13.4. The number of nitro benzene ring substituents is 1. The lowest BCUT2D eigenvalue weighted by molar-refractivity contribution is -0.384. The van der Waals surface area contributed by atoms with Gasteiger partial charge in [-0.05, 0) is 18.4 Å². The standard InChI is InChI=1S/C12H16N2O4/c15-9-1-2-12(16)13-8-7-10-3-5-11(6-4-10)14(17)18/h3-6,15H,1-2,7-9H2,(H,13,16). The van der Waals surface area contributed by atoms with Gasteiger partial charge in [-0.3, -0.25) is 14.9 Å². The summed E-state index contributed by atoms with van der Waals surface area (Å²) in [7, 11) is 0. The molecule has 6 heteroatoms. The van der Waals surface area contributed by atoms with Gasteiger partial charge in [-0.25, -0.2) is 0 Å². The summed E-state index contributed by atoms with van der Waals surface area (Å²) in [5.74, 6) is -0.0917. The largest absolute Gasteiger partial charge is 0.396 e. The number of nitrogens with zero attached hydrogens (tertiary/aromatic N) is 1. The van der Waals surface area contributed by atoms with E-state index in [1.165, 1.54) is 12.1 Å². The molecule has 1 amide bonds. The fourth-order valence-corrected chi connectivity index (χ4v) is 1.46. The van der Waals surface area contributed by atoms with E-state index in [4.69, 9.17) is 5.11 Å². The molecular formula is C12H16N2O4. The number of rotatable bonds is 7. The van der Waals surface area contributed by atoms with Gasteiger partial charge < -0.3 is 10.4 Å². The molecule has 1 aromatic rings. The van der Waals surface area contributed by atoms with Crippen molar-refractivity contribution in [3.05, 3.63) is 39.9 Å². The van der Waals surface area contributed by atoms with Crippen molar-refractivity contribution in [2.45, 2.75) is 19.3 Å². The van der Waals surface area contributed by atoms with Crippen LogP contribution in [0.5, 0.6) is 0 Å². The summed E-state index contributed by atoms with van der Waals surface area (Å²) in [6.07, 6.45) is 1.41. The Kier molecular flexibility index (Phi) is 5.79. The van der Waals surface area contributed by atoms with Crippen molar-refractivity contribution in [2.75, 3.05) is 13.2 Å². The molecular weight excluding hydrogens is 236 g/mol. The van der Waals surface area contributed by atoms with Gasteiger partial charge in [0.15, 0.2) is 0 Å². The van der Waals surface area contributed by atoms with Crippen molar-refractivity contribution in [1.29, 1.82) is 0 Å². The number of hydrogen-bond donors (Lipinski definition) is 2. The van der Waals surface area contributed by atoms with Crippen LogP contribution in [-0.4, -0.2) is 29.1 Å². The average Bonchev–Trinajstić information content (AvgIpc) is 2.37. The SMILES string of the molecule is O=C(CCCO)NCCc1ccc([N+](=O)[O-])cc1. The van der Waals surface area contributed by atoms with Gasteiger partial charge in [0.1, 0.15) is 0 Å². The molecule has 1 aromatic carbocycles. The third-order valence-corrected chi connectivity index (χ3v) is 2.44. The van der Waals surface area contributed by atoms with E-state index >= 15 is 0 Å². The maximum absolute atomic E-state index is 11.2. The molecule has 0 heterocycles. The Bertz CT molecular complexity index is 403. The number of amides is 1. The van der Waals surface area contributed by atoms with Gasteiger partial charge >= 0.3 is 0 Å². The lowest BCUT2D eigenvalue weighted by Crippen LogP contribution is -2.25. The summed E-state index contributed by atoms with van der Waals surface area (Å²) in [6, 6.07) is 6.25. The summed E-state index contributed by atoms with van der Waals surface area (Å²) in [5.41, 5.74) is 0.994. The number of nitro groups is 1. The second-order valence-corrected chi connectivity index (χ2v) is 3.85. The molecule has 0 bridgehead atoms. The molecule has 1 rings (SSSR count). The summed E-state index contributed by atoms with van der Waals surface area (Å²) >= 11 is 0. The molecule has 98 valence electrons. The van der Waals surface area contributed by atoms with Gasteiger partial charge in [-0.15, -0.1) is 0 Å². The molecule has 0 saturated carbocycles. The van der Waals surface area contributed by atoms with Crippen LogP contribution in [-0.2, 0) is 11.2 Å². The van der Waals surface area contributed by atoms with Crippen LogP contribution in [0.15, 0.2) is 24.3 Å². The van der Waals surface area contributed by atoms with E-state index in [9.17, 15) is 14.9 Å². The fraction of sp³-hybridized carbons (Fsp3) is 0.417. The molecule has 0 aliphatic carbocycles. The van der Waals surface area contributed by atoms with Crippen LogP contribution in [0, 0.1) is 10.1 Å². The molecule has 0 unspecified atom stereocenters.